The van der Waals surface area contributed by atoms with Crippen LogP contribution in [0.2, 0.25) is 15.1 Å². The van der Waals surface area contributed by atoms with Crippen molar-refractivity contribution in [1.82, 2.24) is 0 Å². The van der Waals surface area contributed by atoms with Crippen molar-refractivity contribution in [1.29, 1.82) is 0 Å². The summed E-state index contributed by atoms with van der Waals surface area (Å²) in [5, 5.41) is 38.3. The number of benzene rings is 7. The zero-order valence-electron chi connectivity index (χ0n) is 36.7. The van der Waals surface area contributed by atoms with E-state index in [1.807, 2.05) is 50.2 Å². The Kier molecular flexibility index (Phi) is 18.6. The zero-order chi connectivity index (χ0) is 48.9. The third kappa shape index (κ3) is 12.6. The Morgan fingerprint density at radius 1 is 0.418 bits per heavy atom. The molecule has 14 heteroatoms. The SMILES string of the molecule is Cc1c(CCl)cccc1-c1cccc(CCl)c1C.Cc1c(COc2cc(O)c(C=O)cc2Cl)cccc1-c1cccc(COc2cc(O)c(C=O)cc2Cl)c1C.O=Cc1cc(Cl)c(O)cc1O. The number of rotatable bonds is 13. The van der Waals surface area contributed by atoms with Gasteiger partial charge in [-0.1, -0.05) is 108 Å². The molecule has 7 rings (SSSR count). The molecular weight excluding hydrogens is 958 g/mol. The Labute approximate surface area is 413 Å². The lowest BCUT2D eigenvalue weighted by molar-refractivity contribution is 0.111. The van der Waals surface area contributed by atoms with Crippen molar-refractivity contribution in [2.45, 2.75) is 52.7 Å². The van der Waals surface area contributed by atoms with Gasteiger partial charge >= 0.3 is 0 Å². The molecule has 4 N–H and O–H groups in total. The van der Waals surface area contributed by atoms with E-state index in [2.05, 4.69) is 50.2 Å². The highest BCUT2D eigenvalue weighted by atomic mass is 35.5. The van der Waals surface area contributed by atoms with Crippen molar-refractivity contribution < 1.29 is 44.3 Å². The fraction of sp³-hybridized carbons (Fsp3) is 0.151. The number of hydrogen-bond acceptors (Lipinski definition) is 9. The van der Waals surface area contributed by atoms with E-state index < -0.39 is 0 Å². The molecule has 0 atom stereocenters. The van der Waals surface area contributed by atoms with E-state index in [0.29, 0.717) is 30.6 Å². The second-order valence-electron chi connectivity index (χ2n) is 15.1. The minimum atomic E-state index is -0.276. The van der Waals surface area contributed by atoms with Crippen molar-refractivity contribution in [2.24, 2.45) is 0 Å². The highest BCUT2D eigenvalue weighted by Crippen LogP contribution is 2.37. The van der Waals surface area contributed by atoms with Gasteiger partial charge in [0.1, 0.15) is 47.7 Å². The summed E-state index contributed by atoms with van der Waals surface area (Å²) in [6.07, 6.45) is 1.52. The highest BCUT2D eigenvalue weighted by Gasteiger charge is 2.16. The first-order valence-corrected chi connectivity index (χ1v) is 22.6. The molecular formula is C53H45Cl5O9. The molecule has 0 bridgehead atoms. The van der Waals surface area contributed by atoms with Gasteiger partial charge in [0.25, 0.3) is 0 Å². The fourth-order valence-electron chi connectivity index (χ4n) is 7.00. The molecule has 0 heterocycles. The van der Waals surface area contributed by atoms with E-state index in [4.69, 9.17) is 77.7 Å². The molecule has 0 amide bonds. The van der Waals surface area contributed by atoms with Crippen molar-refractivity contribution in [3.63, 3.8) is 0 Å². The van der Waals surface area contributed by atoms with Crippen LogP contribution in [-0.2, 0) is 25.0 Å². The summed E-state index contributed by atoms with van der Waals surface area (Å²) in [5.41, 5.74) is 13.5. The van der Waals surface area contributed by atoms with Gasteiger partial charge in [-0.15, -0.1) is 23.2 Å². The molecule has 346 valence electrons. The molecule has 7 aromatic carbocycles. The van der Waals surface area contributed by atoms with Crippen molar-refractivity contribution in [2.75, 3.05) is 0 Å². The molecule has 0 aliphatic heterocycles. The minimum Gasteiger partial charge on any atom is -0.507 e. The Hall–Kier alpha value is -6.20. The second-order valence-corrected chi connectivity index (χ2v) is 16.9. The van der Waals surface area contributed by atoms with Crippen LogP contribution in [0.15, 0.2) is 109 Å². The molecule has 0 aliphatic carbocycles. The maximum atomic E-state index is 11.0. The number of ether oxygens (including phenoxy) is 2. The number of hydrogen-bond donors (Lipinski definition) is 4. The summed E-state index contributed by atoms with van der Waals surface area (Å²) in [4.78, 5) is 32.2. The molecule has 0 radical (unpaired) electrons. The monoisotopic (exact) mass is 1000 g/mol. The van der Waals surface area contributed by atoms with Gasteiger partial charge in [0.15, 0.2) is 18.9 Å². The molecule has 9 nitrogen and oxygen atoms in total. The van der Waals surface area contributed by atoms with Crippen LogP contribution in [0.3, 0.4) is 0 Å². The summed E-state index contributed by atoms with van der Waals surface area (Å²) >= 11 is 29.8. The van der Waals surface area contributed by atoms with Gasteiger partial charge in [0, 0.05) is 30.0 Å². The number of alkyl halides is 2. The third-order valence-corrected chi connectivity index (χ3v) is 12.5. The van der Waals surface area contributed by atoms with Crippen LogP contribution in [0.25, 0.3) is 22.3 Å². The first-order chi connectivity index (χ1) is 32.1. The van der Waals surface area contributed by atoms with Crippen LogP contribution in [-0.4, -0.2) is 39.3 Å². The highest BCUT2D eigenvalue weighted by molar-refractivity contribution is 6.33. The van der Waals surface area contributed by atoms with E-state index >= 15 is 0 Å². The molecule has 0 aliphatic rings. The second kappa shape index (κ2) is 24.0. The maximum absolute atomic E-state index is 11.0. The number of phenols is 4. The zero-order valence-corrected chi connectivity index (χ0v) is 40.5. The average molecular weight is 1000 g/mol. The van der Waals surface area contributed by atoms with Gasteiger partial charge in [-0.25, -0.2) is 0 Å². The van der Waals surface area contributed by atoms with Crippen LogP contribution >= 0.6 is 58.0 Å². The van der Waals surface area contributed by atoms with Crippen LogP contribution < -0.4 is 9.47 Å². The minimum absolute atomic E-state index is 0.0462. The van der Waals surface area contributed by atoms with E-state index in [1.54, 1.807) is 0 Å². The maximum Gasteiger partial charge on any atom is 0.153 e. The number of carbonyl (C=O) groups is 3. The predicted octanol–water partition coefficient (Wildman–Crippen LogP) is 14.5. The fourth-order valence-corrected chi connectivity index (χ4v) is 8.21. The Morgan fingerprint density at radius 2 is 0.716 bits per heavy atom. The molecule has 0 saturated heterocycles. The van der Waals surface area contributed by atoms with Gasteiger partial charge in [0.05, 0.1) is 31.8 Å². The normalized spacial score (nSPS) is 10.5. The van der Waals surface area contributed by atoms with Gasteiger partial charge in [0.2, 0.25) is 0 Å². The summed E-state index contributed by atoms with van der Waals surface area (Å²) < 4.78 is 11.7. The molecule has 0 unspecified atom stereocenters. The van der Waals surface area contributed by atoms with E-state index in [0.717, 1.165) is 39.4 Å². The lowest BCUT2D eigenvalue weighted by Crippen LogP contribution is -2.02. The molecule has 7 aromatic rings. The predicted molar refractivity (Wildman–Crippen MR) is 268 cm³/mol. The molecule has 0 saturated carbocycles. The molecule has 0 aromatic heterocycles. The largest absolute Gasteiger partial charge is 0.507 e. The van der Waals surface area contributed by atoms with E-state index in [-0.39, 0.29) is 79.5 Å². The lowest BCUT2D eigenvalue weighted by atomic mass is 9.92. The van der Waals surface area contributed by atoms with Crippen molar-refractivity contribution >= 4 is 76.9 Å². The lowest BCUT2D eigenvalue weighted by Gasteiger charge is -2.17. The summed E-state index contributed by atoms with van der Waals surface area (Å²) in [6.45, 7) is 8.67. The van der Waals surface area contributed by atoms with E-state index in [1.165, 1.54) is 63.7 Å². The number of phenolic OH excluding ortho intramolecular Hbond substituents is 4. The van der Waals surface area contributed by atoms with E-state index in [9.17, 15) is 24.6 Å². The summed E-state index contributed by atoms with van der Waals surface area (Å²) in [7, 11) is 0. The average Bonchev–Trinajstić information content (AvgIpc) is 3.32. The topological polar surface area (TPSA) is 151 Å². The quantitative estimate of drug-likeness (QED) is 0.0654. The van der Waals surface area contributed by atoms with Gasteiger partial charge in [-0.05, 0) is 113 Å². The summed E-state index contributed by atoms with van der Waals surface area (Å²) in [6, 6.07) is 32.0. The summed E-state index contributed by atoms with van der Waals surface area (Å²) in [5.74, 6) is 0.742. The van der Waals surface area contributed by atoms with Gasteiger partial charge < -0.3 is 29.9 Å². The molecule has 0 spiro atoms. The Morgan fingerprint density at radius 3 is 1.04 bits per heavy atom. The van der Waals surface area contributed by atoms with Crippen LogP contribution in [0, 0.1) is 27.7 Å². The first-order valence-electron chi connectivity index (χ1n) is 20.4. The van der Waals surface area contributed by atoms with Gasteiger partial charge in [-0.2, -0.15) is 0 Å². The number of halogens is 5. The van der Waals surface area contributed by atoms with Gasteiger partial charge in [-0.3, -0.25) is 14.4 Å². The van der Waals surface area contributed by atoms with Crippen molar-refractivity contribution in [3.8, 4) is 56.8 Å². The smallest absolute Gasteiger partial charge is 0.153 e. The molecule has 67 heavy (non-hydrogen) atoms. The number of aromatic hydroxyl groups is 4. The standard InChI is InChI=1S/C30H24Cl2O6.C16H16Cl2.C7H5ClO3/c1-17-19(15-37-29-11-27(35)21(13-33)9-25(29)31)5-3-7-23(17)24-8-4-6-20(18(24)2)16-38-30-12-28(36)22(14-34)10-26(30)32;1-11-13(9-17)5-3-7-15(11)16-8-4-6-14(10-18)12(16)2;8-5-1-4(3-9)6(10)2-7(5)11/h3-14,35-36H,15-16H2,1-2H3;3-8H,9-10H2,1-2H3;1-3,10-11H. The van der Waals surface area contributed by atoms with Crippen molar-refractivity contribution in [3.05, 3.63) is 185 Å². The van der Waals surface area contributed by atoms with Crippen LogP contribution in [0.5, 0.6) is 34.5 Å². The number of carbonyl (C=O) groups excluding carboxylic acids is 3. The van der Waals surface area contributed by atoms with Crippen LogP contribution in [0.4, 0.5) is 0 Å². The van der Waals surface area contributed by atoms with Crippen LogP contribution in [0.1, 0.15) is 75.6 Å². The third-order valence-electron chi connectivity index (χ3n) is 11.1. The Balaban J connectivity index is 0.000000236. The molecule has 0 fully saturated rings. The number of aldehydes is 3. The first kappa shape index (κ1) is 51.8. The Bertz CT molecular complexity index is 2770.